The number of hydrogen-bond donors (Lipinski definition) is 0. The number of nitrogens with zero attached hydrogens (tertiary/aromatic N) is 2. The van der Waals surface area contributed by atoms with Gasteiger partial charge in [0.05, 0.1) is 0 Å². The van der Waals surface area contributed by atoms with Gasteiger partial charge in [-0.05, 0) is 27.7 Å². The smallest absolute Gasteiger partial charge is 0.0440 e. The summed E-state index contributed by atoms with van der Waals surface area (Å²) in [5, 5.41) is 0. The molecule has 0 radical (unpaired) electrons. The molecule has 2 nitrogen and oxygen atoms in total. The van der Waals surface area contributed by atoms with E-state index in [1.165, 1.54) is 0 Å². The second-order valence-electron chi connectivity index (χ2n) is 4.65. The van der Waals surface area contributed by atoms with Gasteiger partial charge >= 0.3 is 0 Å². The van der Waals surface area contributed by atoms with Crippen LogP contribution in [-0.2, 0) is 0 Å². The van der Waals surface area contributed by atoms with Crippen molar-refractivity contribution in [1.29, 1.82) is 0 Å². The normalized spacial score (nSPS) is 23.2. The van der Waals surface area contributed by atoms with Gasteiger partial charge in [-0.15, -0.1) is 0 Å². The fourth-order valence-electron chi connectivity index (χ4n) is 2.24. The highest BCUT2D eigenvalue weighted by Gasteiger charge is 2.34. The fourth-order valence-corrected chi connectivity index (χ4v) is 2.24. The third-order valence-corrected chi connectivity index (χ3v) is 2.77. The summed E-state index contributed by atoms with van der Waals surface area (Å²) in [4.78, 5) is 4.58. The van der Waals surface area contributed by atoms with E-state index >= 15 is 0 Å². The minimum atomic E-state index is 0.207. The molecule has 13 heavy (non-hydrogen) atoms. The van der Waals surface area contributed by atoms with Crippen molar-refractivity contribution in [3.63, 3.8) is 0 Å². The predicted molar refractivity (Wildman–Crippen MR) is 56.3 cm³/mol. The van der Waals surface area contributed by atoms with E-state index in [2.05, 4.69) is 43.5 Å². The minimum absolute atomic E-state index is 0.207. The molecule has 1 heterocycles. The Morgan fingerprint density at radius 1 is 1.31 bits per heavy atom. The van der Waals surface area contributed by atoms with E-state index < -0.39 is 0 Å². The molecule has 74 valence electrons. The lowest BCUT2D eigenvalue weighted by Gasteiger charge is -2.48. The zero-order valence-electron chi connectivity index (χ0n) is 9.17. The fraction of sp³-hybridized carbons (Fsp3) is 0.818. The third kappa shape index (κ3) is 2.16. The number of hydrogen-bond acceptors (Lipinski definition) is 2. The second kappa shape index (κ2) is 3.59. The van der Waals surface area contributed by atoms with Crippen LogP contribution in [0.3, 0.4) is 0 Å². The first-order valence-electron chi connectivity index (χ1n) is 4.95. The van der Waals surface area contributed by atoms with Crippen molar-refractivity contribution in [2.75, 3.05) is 19.6 Å². The molecule has 2 heteroatoms. The van der Waals surface area contributed by atoms with E-state index in [0.29, 0.717) is 6.04 Å². The lowest BCUT2D eigenvalue weighted by molar-refractivity contribution is 0.0202. The average Bonchev–Trinajstić information content (AvgIpc) is 2.01. The van der Waals surface area contributed by atoms with Gasteiger partial charge in [-0.2, -0.15) is 0 Å². The highest BCUT2D eigenvalue weighted by atomic mass is 15.3. The predicted octanol–water partition coefficient (Wildman–Crippen LogP) is 1.38. The first kappa shape index (κ1) is 10.4. The van der Waals surface area contributed by atoms with Crippen LogP contribution in [0.5, 0.6) is 0 Å². The Balaban J connectivity index is 2.68. The van der Waals surface area contributed by atoms with Gasteiger partial charge < -0.3 is 4.90 Å². The van der Waals surface area contributed by atoms with Crippen molar-refractivity contribution in [3.8, 4) is 12.5 Å². The Bertz CT molecular complexity index is 213. The molecule has 0 atom stereocenters. The van der Waals surface area contributed by atoms with Crippen molar-refractivity contribution in [2.24, 2.45) is 0 Å². The Morgan fingerprint density at radius 2 is 1.92 bits per heavy atom. The molecule has 0 bridgehead atoms. The Labute approximate surface area is 81.9 Å². The Kier molecular flexibility index (Phi) is 2.87. The molecule has 0 aliphatic carbocycles. The summed E-state index contributed by atoms with van der Waals surface area (Å²) in [5.41, 5.74) is 0.207. The van der Waals surface area contributed by atoms with Gasteiger partial charge in [-0.1, -0.05) is 6.42 Å². The number of piperazine rings is 1. The molecule has 1 saturated heterocycles. The van der Waals surface area contributed by atoms with Gasteiger partial charge in [0, 0.05) is 37.3 Å². The van der Waals surface area contributed by atoms with E-state index in [1.54, 1.807) is 0 Å². The Hall–Kier alpha value is -0.680. The van der Waals surface area contributed by atoms with Gasteiger partial charge in [0.1, 0.15) is 0 Å². The van der Waals surface area contributed by atoms with Gasteiger partial charge in [0.25, 0.3) is 0 Å². The average molecular weight is 180 g/mol. The quantitative estimate of drug-likeness (QED) is 0.563. The van der Waals surface area contributed by atoms with Crippen LogP contribution >= 0.6 is 0 Å². The van der Waals surface area contributed by atoms with Gasteiger partial charge in [-0.25, -0.2) is 0 Å². The molecule has 0 saturated carbocycles. The lowest BCUT2D eigenvalue weighted by Crippen LogP contribution is -2.60. The molecule has 0 aromatic rings. The van der Waals surface area contributed by atoms with Crippen LogP contribution in [0.4, 0.5) is 0 Å². The Morgan fingerprint density at radius 3 is 2.31 bits per heavy atom. The largest absolute Gasteiger partial charge is 0.330 e. The van der Waals surface area contributed by atoms with Gasteiger partial charge in [0.2, 0.25) is 0 Å². The lowest BCUT2D eigenvalue weighted by atomic mass is 9.97. The van der Waals surface area contributed by atoms with Crippen molar-refractivity contribution in [2.45, 2.75) is 39.3 Å². The zero-order chi connectivity index (χ0) is 10.1. The molecule has 0 unspecified atom stereocenters. The molecule has 1 rings (SSSR count). The first-order chi connectivity index (χ1) is 5.97. The molecule has 0 amide bonds. The highest BCUT2D eigenvalue weighted by molar-refractivity contribution is 4.98. The van der Waals surface area contributed by atoms with Gasteiger partial charge in [0.15, 0.2) is 0 Å². The van der Waals surface area contributed by atoms with Crippen molar-refractivity contribution in [1.82, 2.24) is 9.80 Å². The summed E-state index contributed by atoms with van der Waals surface area (Å²) in [6.45, 7) is 12.1. The molecular weight excluding hydrogens is 160 g/mol. The summed E-state index contributed by atoms with van der Waals surface area (Å²) in [5.74, 6) is 0. The minimum Gasteiger partial charge on any atom is -0.330 e. The third-order valence-electron chi connectivity index (χ3n) is 2.77. The molecule has 0 aromatic heterocycles. The first-order valence-corrected chi connectivity index (χ1v) is 4.95. The van der Waals surface area contributed by atoms with Crippen molar-refractivity contribution >= 4 is 0 Å². The number of rotatable bonds is 1. The van der Waals surface area contributed by atoms with Crippen LogP contribution < -0.4 is 0 Å². The van der Waals surface area contributed by atoms with E-state index in [4.69, 9.17) is 6.42 Å². The van der Waals surface area contributed by atoms with E-state index in [1.807, 2.05) is 0 Å². The molecule has 1 aliphatic heterocycles. The summed E-state index contributed by atoms with van der Waals surface area (Å²) >= 11 is 0. The maximum atomic E-state index is 5.40. The standard InChI is InChI=1S/C11H20N2/c1-6-12-7-8-13(10(2)3)11(4,5)9-12/h1,10H,7-9H2,2-5H3. The van der Waals surface area contributed by atoms with E-state index in [9.17, 15) is 0 Å². The van der Waals surface area contributed by atoms with Crippen molar-refractivity contribution < 1.29 is 0 Å². The van der Waals surface area contributed by atoms with Crippen LogP contribution in [-0.4, -0.2) is 41.0 Å². The van der Waals surface area contributed by atoms with Crippen molar-refractivity contribution in [3.05, 3.63) is 0 Å². The summed E-state index contributed by atoms with van der Waals surface area (Å²) in [7, 11) is 0. The maximum Gasteiger partial charge on any atom is 0.0440 e. The van der Waals surface area contributed by atoms with Crippen LogP contribution in [0.25, 0.3) is 0 Å². The maximum absolute atomic E-state index is 5.40. The molecule has 0 spiro atoms. The van der Waals surface area contributed by atoms with Crippen LogP contribution in [0, 0.1) is 12.5 Å². The topological polar surface area (TPSA) is 6.48 Å². The summed E-state index contributed by atoms with van der Waals surface area (Å²) in [6.07, 6.45) is 5.40. The van der Waals surface area contributed by atoms with E-state index in [-0.39, 0.29) is 5.54 Å². The number of terminal acetylenes is 1. The van der Waals surface area contributed by atoms with Gasteiger partial charge in [-0.3, -0.25) is 4.90 Å². The zero-order valence-corrected chi connectivity index (χ0v) is 9.17. The molecule has 0 aromatic carbocycles. The highest BCUT2D eigenvalue weighted by Crippen LogP contribution is 2.22. The van der Waals surface area contributed by atoms with E-state index in [0.717, 1.165) is 19.6 Å². The SMILES string of the molecule is C#CN1CCN(C(C)C)C(C)(C)C1. The van der Waals surface area contributed by atoms with Crippen LogP contribution in [0.15, 0.2) is 0 Å². The molecular formula is C11H20N2. The summed E-state index contributed by atoms with van der Waals surface area (Å²) in [6, 6.07) is 3.33. The second-order valence-corrected chi connectivity index (χ2v) is 4.65. The molecule has 0 N–H and O–H groups in total. The van der Waals surface area contributed by atoms with Crippen LogP contribution in [0.2, 0.25) is 0 Å². The summed E-state index contributed by atoms with van der Waals surface area (Å²) < 4.78 is 0. The monoisotopic (exact) mass is 180 g/mol. The molecule has 1 fully saturated rings. The molecule has 1 aliphatic rings. The van der Waals surface area contributed by atoms with Crippen LogP contribution in [0.1, 0.15) is 27.7 Å².